The van der Waals surface area contributed by atoms with Gasteiger partial charge in [-0.2, -0.15) is 4.31 Å². The van der Waals surface area contributed by atoms with E-state index in [9.17, 15) is 13.2 Å². The van der Waals surface area contributed by atoms with Gasteiger partial charge in [-0.25, -0.2) is 8.42 Å². The first-order chi connectivity index (χ1) is 12.3. The van der Waals surface area contributed by atoms with Gasteiger partial charge >= 0.3 is 0 Å². The van der Waals surface area contributed by atoms with Crippen LogP contribution in [0.25, 0.3) is 0 Å². The Hall–Kier alpha value is -1.00. The number of carbonyl (C=O) groups excluding carboxylic acids is 1. The first-order valence-electron chi connectivity index (χ1n) is 8.61. The van der Waals surface area contributed by atoms with Crippen LogP contribution in [0, 0.1) is 0 Å². The maximum Gasteiger partial charge on any atom is 0.254 e. The molecule has 0 saturated carbocycles. The fraction of sp³-hybridized carbons (Fsp3) is 0.588. The average Bonchev–Trinajstić information content (AvgIpc) is 2.61. The van der Waals surface area contributed by atoms with Crippen LogP contribution in [0.1, 0.15) is 24.2 Å². The van der Waals surface area contributed by atoms with Gasteiger partial charge in [-0.15, -0.1) is 0 Å². The minimum Gasteiger partial charge on any atom is -0.379 e. The predicted octanol–water partition coefficient (Wildman–Crippen LogP) is 1.72. The molecule has 0 bridgehead atoms. The Bertz CT molecular complexity index is 769. The van der Waals surface area contributed by atoms with Gasteiger partial charge in [-0.05, 0) is 48.0 Å². The minimum atomic E-state index is -3.69. The SMILES string of the molecule is C[C@@H]1CN(C(=O)c2ccc(Br)c(S(=O)(=O)N3CCOCC3)c2)C[C@H](C)O1. The fourth-order valence-corrected chi connectivity index (χ4v) is 5.65. The summed E-state index contributed by atoms with van der Waals surface area (Å²) in [5.74, 6) is -0.182. The Morgan fingerprint density at radius 2 is 1.77 bits per heavy atom. The molecular weight excluding hydrogens is 424 g/mol. The Morgan fingerprint density at radius 1 is 1.15 bits per heavy atom. The number of ether oxygens (including phenoxy) is 2. The molecule has 2 fully saturated rings. The van der Waals surface area contributed by atoms with E-state index in [0.717, 1.165) is 0 Å². The van der Waals surface area contributed by atoms with Gasteiger partial charge < -0.3 is 14.4 Å². The van der Waals surface area contributed by atoms with Gasteiger partial charge in [-0.1, -0.05) is 0 Å². The van der Waals surface area contributed by atoms with Crippen molar-refractivity contribution < 1.29 is 22.7 Å². The lowest BCUT2D eigenvalue weighted by molar-refractivity contribution is -0.0586. The van der Waals surface area contributed by atoms with E-state index in [1.807, 2.05) is 13.8 Å². The van der Waals surface area contributed by atoms with Crippen LogP contribution in [-0.2, 0) is 19.5 Å². The molecule has 0 radical (unpaired) electrons. The van der Waals surface area contributed by atoms with Crippen molar-refractivity contribution in [2.24, 2.45) is 0 Å². The highest BCUT2D eigenvalue weighted by molar-refractivity contribution is 9.10. The van der Waals surface area contributed by atoms with E-state index in [-0.39, 0.29) is 23.0 Å². The van der Waals surface area contributed by atoms with Gasteiger partial charge in [0.2, 0.25) is 10.0 Å². The molecule has 1 aromatic rings. The monoisotopic (exact) mass is 446 g/mol. The number of rotatable bonds is 3. The van der Waals surface area contributed by atoms with Crippen LogP contribution in [0.2, 0.25) is 0 Å². The van der Waals surface area contributed by atoms with E-state index in [0.29, 0.717) is 49.4 Å². The Labute approximate surface area is 162 Å². The highest BCUT2D eigenvalue weighted by atomic mass is 79.9. The number of carbonyl (C=O) groups is 1. The van der Waals surface area contributed by atoms with E-state index >= 15 is 0 Å². The van der Waals surface area contributed by atoms with Crippen molar-refractivity contribution in [2.45, 2.75) is 31.0 Å². The highest BCUT2D eigenvalue weighted by Gasteiger charge is 2.31. The quantitative estimate of drug-likeness (QED) is 0.706. The van der Waals surface area contributed by atoms with Crippen molar-refractivity contribution in [3.05, 3.63) is 28.2 Å². The zero-order valence-corrected chi connectivity index (χ0v) is 17.3. The van der Waals surface area contributed by atoms with Crippen molar-refractivity contribution in [1.82, 2.24) is 9.21 Å². The molecule has 0 aromatic heterocycles. The van der Waals surface area contributed by atoms with E-state index in [1.165, 1.54) is 10.4 Å². The third kappa shape index (κ3) is 4.12. The summed E-state index contributed by atoms with van der Waals surface area (Å²) in [4.78, 5) is 14.7. The molecule has 2 aliphatic rings. The van der Waals surface area contributed by atoms with Crippen LogP contribution in [0.4, 0.5) is 0 Å². The van der Waals surface area contributed by atoms with Gasteiger partial charge in [0.15, 0.2) is 0 Å². The molecule has 0 unspecified atom stereocenters. The summed E-state index contributed by atoms with van der Waals surface area (Å²) in [5, 5.41) is 0. The molecule has 2 atom stereocenters. The summed E-state index contributed by atoms with van der Waals surface area (Å²) < 4.78 is 38.7. The number of amides is 1. The zero-order valence-electron chi connectivity index (χ0n) is 14.9. The highest BCUT2D eigenvalue weighted by Crippen LogP contribution is 2.28. The van der Waals surface area contributed by atoms with Crippen LogP contribution >= 0.6 is 15.9 Å². The van der Waals surface area contributed by atoms with Gasteiger partial charge in [0.05, 0.1) is 30.3 Å². The topological polar surface area (TPSA) is 76.2 Å². The second kappa shape index (κ2) is 7.93. The summed E-state index contributed by atoms with van der Waals surface area (Å²) >= 11 is 3.32. The van der Waals surface area contributed by atoms with Crippen molar-refractivity contribution >= 4 is 31.9 Å². The van der Waals surface area contributed by atoms with Crippen LogP contribution in [0.3, 0.4) is 0 Å². The number of benzene rings is 1. The van der Waals surface area contributed by atoms with Crippen molar-refractivity contribution in [1.29, 1.82) is 0 Å². The second-order valence-corrected chi connectivity index (χ2v) is 9.39. The number of hydrogen-bond donors (Lipinski definition) is 0. The molecule has 1 aromatic carbocycles. The molecule has 9 heteroatoms. The van der Waals surface area contributed by atoms with Crippen molar-refractivity contribution in [2.75, 3.05) is 39.4 Å². The number of sulfonamides is 1. The van der Waals surface area contributed by atoms with Crippen LogP contribution in [-0.4, -0.2) is 75.1 Å². The van der Waals surface area contributed by atoms with Gasteiger partial charge in [0.25, 0.3) is 5.91 Å². The smallest absolute Gasteiger partial charge is 0.254 e. The van der Waals surface area contributed by atoms with E-state index < -0.39 is 10.0 Å². The van der Waals surface area contributed by atoms with E-state index in [4.69, 9.17) is 9.47 Å². The van der Waals surface area contributed by atoms with Crippen LogP contribution < -0.4 is 0 Å². The molecule has 26 heavy (non-hydrogen) atoms. The number of nitrogens with zero attached hydrogens (tertiary/aromatic N) is 2. The predicted molar refractivity (Wildman–Crippen MR) is 99.6 cm³/mol. The molecular formula is C17H23BrN2O5S. The summed E-state index contributed by atoms with van der Waals surface area (Å²) in [6.45, 7) is 6.20. The van der Waals surface area contributed by atoms with E-state index in [2.05, 4.69) is 15.9 Å². The molecule has 7 nitrogen and oxygen atoms in total. The maximum atomic E-state index is 13.0. The van der Waals surface area contributed by atoms with Crippen LogP contribution in [0.5, 0.6) is 0 Å². The molecule has 1 amide bonds. The molecule has 144 valence electrons. The van der Waals surface area contributed by atoms with E-state index in [1.54, 1.807) is 17.0 Å². The molecule has 2 saturated heterocycles. The first kappa shape index (κ1) is 19.8. The maximum absolute atomic E-state index is 13.0. The van der Waals surface area contributed by atoms with Gasteiger partial charge in [-0.3, -0.25) is 4.79 Å². The second-order valence-electron chi connectivity index (χ2n) is 6.63. The number of hydrogen-bond acceptors (Lipinski definition) is 5. The van der Waals surface area contributed by atoms with Gasteiger partial charge in [0.1, 0.15) is 0 Å². The van der Waals surface area contributed by atoms with Gasteiger partial charge in [0, 0.05) is 36.2 Å². The number of halogens is 1. The van der Waals surface area contributed by atoms with Crippen molar-refractivity contribution in [3.8, 4) is 0 Å². The fourth-order valence-electron chi connectivity index (χ4n) is 3.29. The molecule has 2 heterocycles. The van der Waals surface area contributed by atoms with Crippen molar-refractivity contribution in [3.63, 3.8) is 0 Å². The minimum absolute atomic E-state index is 0.0466. The molecule has 0 aliphatic carbocycles. The Balaban J connectivity index is 1.88. The summed E-state index contributed by atoms with van der Waals surface area (Å²) in [6.07, 6.45) is -0.0931. The largest absolute Gasteiger partial charge is 0.379 e. The Kier molecular flexibility index (Phi) is 6.03. The standard InChI is InChI=1S/C17H23BrN2O5S/c1-12-10-19(11-13(2)25-12)17(21)14-3-4-15(18)16(9-14)26(22,23)20-5-7-24-8-6-20/h3-4,9,12-13H,5-8,10-11H2,1-2H3/t12-,13+. The summed E-state index contributed by atoms with van der Waals surface area (Å²) in [5.41, 5.74) is 0.362. The molecule has 2 aliphatic heterocycles. The molecule has 0 N–H and O–H groups in total. The molecule has 3 rings (SSSR count). The third-order valence-corrected chi connectivity index (χ3v) is 7.37. The zero-order chi connectivity index (χ0) is 18.9. The number of morpholine rings is 2. The van der Waals surface area contributed by atoms with Crippen LogP contribution in [0.15, 0.2) is 27.6 Å². The normalized spacial score (nSPS) is 25.3. The molecule has 0 spiro atoms. The lowest BCUT2D eigenvalue weighted by Gasteiger charge is -2.35. The Morgan fingerprint density at radius 3 is 2.38 bits per heavy atom. The lowest BCUT2D eigenvalue weighted by atomic mass is 10.1. The summed E-state index contributed by atoms with van der Waals surface area (Å²) in [7, 11) is -3.69. The third-order valence-electron chi connectivity index (χ3n) is 4.47. The summed E-state index contributed by atoms with van der Waals surface area (Å²) in [6, 6.07) is 4.73. The lowest BCUT2D eigenvalue weighted by Crippen LogP contribution is -2.48. The first-order valence-corrected chi connectivity index (χ1v) is 10.8. The average molecular weight is 447 g/mol.